The molecule has 5 atom stereocenters. The monoisotopic (exact) mass is 731 g/mol. The maximum absolute atomic E-state index is 14.7. The molecule has 1 fully saturated rings. The fourth-order valence-corrected chi connectivity index (χ4v) is 4.99. The molecule has 0 aromatic carbocycles. The molecule has 1 aliphatic heterocycles. The Morgan fingerprint density at radius 2 is 1.53 bits per heavy atom. The lowest BCUT2D eigenvalue weighted by atomic mass is 9.88. The van der Waals surface area contributed by atoms with Crippen LogP contribution in [0, 0.1) is 5.92 Å². The number of carbonyl (C=O) groups is 3. The van der Waals surface area contributed by atoms with E-state index in [4.69, 9.17) is 38.3 Å². The van der Waals surface area contributed by atoms with E-state index in [0.717, 1.165) is 19.2 Å². The summed E-state index contributed by atoms with van der Waals surface area (Å²) in [7, 11) is -5.00. The molecule has 0 saturated carbocycles. The van der Waals surface area contributed by atoms with Crippen molar-refractivity contribution in [2.45, 2.75) is 97.0 Å². The zero-order chi connectivity index (χ0) is 37.3. The highest BCUT2D eigenvalue weighted by atomic mass is 31.2. The summed E-state index contributed by atoms with van der Waals surface area (Å²) in [5, 5.41) is 22.3. The van der Waals surface area contributed by atoms with E-state index in [1.165, 1.54) is 27.7 Å². The summed E-state index contributed by atoms with van der Waals surface area (Å²) >= 11 is 0. The second-order valence-corrected chi connectivity index (χ2v) is 13.4. The van der Waals surface area contributed by atoms with Gasteiger partial charge in [-0.1, -0.05) is 13.8 Å². The molecular formula is C27H43FN3O17P. The first-order valence-electron chi connectivity index (χ1n) is 14.8. The van der Waals surface area contributed by atoms with Crippen LogP contribution in [-0.2, 0) is 58.1 Å². The average Bonchev–Trinajstić information content (AvgIpc) is 3.19. The maximum atomic E-state index is 14.7. The van der Waals surface area contributed by atoms with E-state index in [1.807, 2.05) is 0 Å². The van der Waals surface area contributed by atoms with Crippen molar-refractivity contribution in [1.29, 1.82) is 0 Å². The number of phosphoric ester groups is 1. The standard InChI is InChI=1S/C27H43FN3O17P/c1-15(2)19(29)20(33)40-12-31-18(32)8-9-30(23(31)35)22-26(7,38)21(34)27(10-28,48-22)11-43-49(39,44-13-41-24(36)46-16(3)4)45-14-42-25(37)47-17(5)6/h8-9,15-17,19,21-22,34,38H,10-14,29H2,1-7H3/t19?,21-,22?,26+,27+/m0/s1. The van der Waals surface area contributed by atoms with Crippen LogP contribution in [0.5, 0.6) is 0 Å². The topological polar surface area (TPSA) is 262 Å². The Morgan fingerprint density at radius 1 is 1.00 bits per heavy atom. The first-order valence-corrected chi connectivity index (χ1v) is 16.2. The Hall–Kier alpha value is -3.43. The van der Waals surface area contributed by atoms with Crippen molar-refractivity contribution in [1.82, 2.24) is 9.13 Å². The molecule has 0 bridgehead atoms. The second-order valence-electron chi connectivity index (χ2n) is 11.8. The van der Waals surface area contributed by atoms with E-state index in [9.17, 15) is 43.1 Å². The van der Waals surface area contributed by atoms with Crippen LogP contribution in [0.1, 0.15) is 54.7 Å². The largest absolute Gasteiger partial charge is 0.510 e. The third kappa shape index (κ3) is 11.0. The van der Waals surface area contributed by atoms with Gasteiger partial charge in [0.05, 0.1) is 18.8 Å². The summed E-state index contributed by atoms with van der Waals surface area (Å²) in [6.45, 7) is 4.33. The van der Waals surface area contributed by atoms with Gasteiger partial charge >= 0.3 is 31.8 Å². The molecule has 0 spiro atoms. The number of nitrogens with zero attached hydrogens (tertiary/aromatic N) is 2. The molecular weight excluding hydrogens is 688 g/mol. The van der Waals surface area contributed by atoms with Gasteiger partial charge in [-0.2, -0.15) is 0 Å². The summed E-state index contributed by atoms with van der Waals surface area (Å²) in [5.41, 5.74) is -1.50. The van der Waals surface area contributed by atoms with E-state index in [-0.39, 0.29) is 5.92 Å². The number of carbonyl (C=O) groups excluding carboxylic acids is 3. The van der Waals surface area contributed by atoms with Gasteiger partial charge in [-0.15, -0.1) is 0 Å². The number of hydrogen-bond donors (Lipinski definition) is 3. The Labute approximate surface area is 279 Å². The molecule has 2 heterocycles. The Morgan fingerprint density at radius 3 is 2.00 bits per heavy atom. The minimum atomic E-state index is -5.00. The molecule has 49 heavy (non-hydrogen) atoms. The smallest absolute Gasteiger partial charge is 0.442 e. The number of halogens is 1. The quantitative estimate of drug-likeness (QED) is 0.0874. The molecule has 0 radical (unpaired) electrons. The summed E-state index contributed by atoms with van der Waals surface area (Å²) in [6, 6.07) is -0.217. The zero-order valence-electron chi connectivity index (χ0n) is 28.0. The first-order chi connectivity index (χ1) is 22.7. The molecule has 2 unspecified atom stereocenters. The molecule has 1 saturated heterocycles. The third-order valence-corrected chi connectivity index (χ3v) is 7.99. The lowest BCUT2D eigenvalue weighted by Gasteiger charge is -2.31. The van der Waals surface area contributed by atoms with Crippen LogP contribution in [-0.4, -0.2) is 100 Å². The van der Waals surface area contributed by atoms with Crippen LogP contribution in [0.15, 0.2) is 21.9 Å². The number of esters is 1. The number of alkyl halides is 1. The van der Waals surface area contributed by atoms with Gasteiger partial charge in [0.15, 0.2) is 18.6 Å². The van der Waals surface area contributed by atoms with Crippen LogP contribution in [0.3, 0.4) is 0 Å². The number of rotatable bonds is 17. The van der Waals surface area contributed by atoms with Crippen LogP contribution < -0.4 is 17.0 Å². The highest BCUT2D eigenvalue weighted by Gasteiger charge is 2.63. The van der Waals surface area contributed by atoms with Gasteiger partial charge in [-0.3, -0.25) is 18.7 Å². The highest BCUT2D eigenvalue weighted by molar-refractivity contribution is 7.48. The highest BCUT2D eigenvalue weighted by Crippen LogP contribution is 2.52. The van der Waals surface area contributed by atoms with Gasteiger partial charge in [0.2, 0.25) is 13.6 Å². The Bertz CT molecular complexity index is 1430. The second kappa shape index (κ2) is 17.5. The van der Waals surface area contributed by atoms with Crippen LogP contribution >= 0.6 is 7.82 Å². The third-order valence-electron chi connectivity index (χ3n) is 6.70. The Balaban J connectivity index is 2.33. The molecule has 280 valence electrons. The molecule has 4 N–H and O–H groups in total. The van der Waals surface area contributed by atoms with Crippen LogP contribution in [0.4, 0.5) is 14.0 Å². The lowest BCUT2D eigenvalue weighted by molar-refractivity contribution is -0.151. The normalized spacial score (nSPS) is 23.1. The van der Waals surface area contributed by atoms with Crippen molar-refractivity contribution in [3.05, 3.63) is 33.1 Å². The van der Waals surface area contributed by atoms with Crippen molar-refractivity contribution in [2.75, 3.05) is 26.9 Å². The molecule has 0 aliphatic carbocycles. The van der Waals surface area contributed by atoms with Gasteiger partial charge in [0, 0.05) is 12.3 Å². The minimum absolute atomic E-state index is 0.329. The summed E-state index contributed by atoms with van der Waals surface area (Å²) < 4.78 is 73.6. The van der Waals surface area contributed by atoms with Gasteiger partial charge in [0.25, 0.3) is 5.56 Å². The SMILES string of the molecule is CC(C)OC(=O)OCOP(=O)(OCOC(=O)OC(C)C)OC[C@@]1(CF)OC(n2ccc(=O)n(COC(=O)C(N)C(C)C)c2=O)[C@](C)(O)[C@@H]1O. The van der Waals surface area contributed by atoms with Gasteiger partial charge in [-0.25, -0.2) is 37.0 Å². The van der Waals surface area contributed by atoms with Crippen molar-refractivity contribution < 1.29 is 75.5 Å². The van der Waals surface area contributed by atoms with Crippen LogP contribution in [0.2, 0.25) is 0 Å². The van der Waals surface area contributed by atoms with E-state index in [0.29, 0.717) is 9.13 Å². The van der Waals surface area contributed by atoms with Gasteiger partial charge in [0.1, 0.15) is 24.4 Å². The number of nitrogens with two attached hydrogens (primary N) is 1. The molecule has 2 rings (SSSR count). The molecule has 20 nitrogen and oxygen atoms in total. The molecule has 0 amide bonds. The van der Waals surface area contributed by atoms with Crippen LogP contribution in [0.25, 0.3) is 0 Å². The lowest BCUT2D eigenvalue weighted by Crippen LogP contribution is -2.53. The fourth-order valence-electron chi connectivity index (χ4n) is 4.02. The minimum Gasteiger partial charge on any atom is -0.442 e. The van der Waals surface area contributed by atoms with Crippen molar-refractivity contribution in [3.8, 4) is 0 Å². The molecule has 22 heteroatoms. The predicted octanol–water partition coefficient (Wildman–Crippen LogP) is 1.04. The number of hydrogen-bond acceptors (Lipinski definition) is 18. The van der Waals surface area contributed by atoms with Gasteiger partial charge < -0.3 is 44.4 Å². The predicted molar refractivity (Wildman–Crippen MR) is 160 cm³/mol. The fraction of sp³-hybridized carbons (Fsp3) is 0.741. The number of aromatic nitrogens is 2. The summed E-state index contributed by atoms with van der Waals surface area (Å²) in [5.74, 6) is -1.24. The van der Waals surface area contributed by atoms with Crippen molar-refractivity contribution in [3.63, 3.8) is 0 Å². The zero-order valence-corrected chi connectivity index (χ0v) is 28.9. The maximum Gasteiger partial charge on any atom is 0.510 e. The molecule has 1 aliphatic rings. The van der Waals surface area contributed by atoms with E-state index in [1.54, 1.807) is 13.8 Å². The first kappa shape index (κ1) is 41.7. The number of aliphatic hydroxyl groups excluding tert-OH is 1. The summed E-state index contributed by atoms with van der Waals surface area (Å²) in [4.78, 5) is 61.4. The van der Waals surface area contributed by atoms with E-state index < -0.39 is 113 Å². The number of phosphoric acid groups is 1. The van der Waals surface area contributed by atoms with E-state index in [2.05, 4.69) is 9.47 Å². The van der Waals surface area contributed by atoms with E-state index >= 15 is 0 Å². The molecule has 1 aromatic heterocycles. The summed E-state index contributed by atoms with van der Waals surface area (Å²) in [6.07, 6.45) is -6.95. The number of ether oxygens (including phenoxy) is 6. The average molecular weight is 732 g/mol. The van der Waals surface area contributed by atoms with Crippen molar-refractivity contribution in [2.24, 2.45) is 11.7 Å². The van der Waals surface area contributed by atoms with Gasteiger partial charge in [-0.05, 0) is 40.5 Å². The Kier molecular flexibility index (Phi) is 14.9. The van der Waals surface area contributed by atoms with Crippen molar-refractivity contribution >= 4 is 26.1 Å². The number of aliphatic hydroxyl groups is 2. The molecule has 1 aromatic rings.